The number of amides is 3. The van der Waals surface area contributed by atoms with Crippen LogP contribution in [0.25, 0.3) is 0 Å². The van der Waals surface area contributed by atoms with Crippen LogP contribution in [0, 0.1) is 0 Å². The number of fused-ring (bicyclic) bond motifs is 1. The first-order valence-corrected chi connectivity index (χ1v) is 12.5. The standard InChI is InChI=1S/C20H19N9O6S2/c1-2-6-28-20(24-26-27-28)37-8-10-7-36-18-14(17(32)29(18)15(10)19(33)34)23-16(31)13(25-35)11-4-3-5-12(22-11)21-9-30/h2-5,9,14,18,35H,1,6-8H2,(H,23,31)(H,33,34)(H,21,22,30)/b25-13-/t14?,18-/m1/s1. The van der Waals surface area contributed by atoms with Crippen molar-refractivity contribution < 1.29 is 29.5 Å². The number of tetrazole rings is 1. The number of nitrogens with one attached hydrogen (secondary N) is 2. The summed E-state index contributed by atoms with van der Waals surface area (Å²) in [6, 6.07) is 3.29. The number of carbonyl (C=O) groups excluding carboxylic acids is 3. The second kappa shape index (κ2) is 11.2. The van der Waals surface area contributed by atoms with Crippen LogP contribution in [0.5, 0.6) is 0 Å². The van der Waals surface area contributed by atoms with Crippen LogP contribution < -0.4 is 10.6 Å². The molecule has 2 aliphatic heterocycles. The van der Waals surface area contributed by atoms with E-state index in [1.54, 1.807) is 6.08 Å². The summed E-state index contributed by atoms with van der Waals surface area (Å²) >= 11 is 2.52. The van der Waals surface area contributed by atoms with E-state index in [0.29, 0.717) is 29.4 Å². The number of oxime groups is 1. The fourth-order valence-electron chi connectivity index (χ4n) is 3.61. The van der Waals surface area contributed by atoms with Gasteiger partial charge in [-0.3, -0.25) is 19.3 Å². The Bertz CT molecular complexity index is 1330. The summed E-state index contributed by atoms with van der Waals surface area (Å²) in [5, 5.41) is 38.2. The molecular formula is C20H19N9O6S2. The van der Waals surface area contributed by atoms with E-state index in [9.17, 15) is 29.5 Å². The molecule has 3 amide bonds. The Morgan fingerprint density at radius 2 is 2.19 bits per heavy atom. The number of thioether (sulfide) groups is 2. The van der Waals surface area contributed by atoms with Gasteiger partial charge in [-0.2, -0.15) is 0 Å². The van der Waals surface area contributed by atoms with Crippen molar-refractivity contribution in [1.29, 1.82) is 0 Å². The highest BCUT2D eigenvalue weighted by Crippen LogP contribution is 2.41. The number of carboxylic acid groups (broad SMARTS) is 1. The minimum atomic E-state index is -1.27. The number of hydrogen-bond donors (Lipinski definition) is 4. The lowest BCUT2D eigenvalue weighted by atomic mass is 10.0. The molecular weight excluding hydrogens is 526 g/mol. The number of aliphatic carboxylic acids is 1. The Morgan fingerprint density at radius 3 is 2.89 bits per heavy atom. The molecule has 15 nitrogen and oxygen atoms in total. The van der Waals surface area contributed by atoms with Gasteiger partial charge in [-0.05, 0) is 28.1 Å². The molecule has 17 heteroatoms. The number of carbonyl (C=O) groups is 4. The number of allylic oxidation sites excluding steroid dienone is 1. The fourth-order valence-corrected chi connectivity index (χ4v) is 5.98. The van der Waals surface area contributed by atoms with Crippen LogP contribution in [0.2, 0.25) is 0 Å². The van der Waals surface area contributed by atoms with Crippen LogP contribution in [0.15, 0.2) is 52.4 Å². The Balaban J connectivity index is 1.47. The van der Waals surface area contributed by atoms with Crippen molar-refractivity contribution in [2.24, 2.45) is 5.16 Å². The van der Waals surface area contributed by atoms with Crippen LogP contribution in [0.4, 0.5) is 5.82 Å². The summed E-state index contributed by atoms with van der Waals surface area (Å²) in [5.74, 6) is -2.14. The third-order valence-electron chi connectivity index (χ3n) is 5.23. The summed E-state index contributed by atoms with van der Waals surface area (Å²) in [4.78, 5) is 53.6. The molecule has 1 fully saturated rings. The highest BCUT2D eigenvalue weighted by atomic mass is 32.2. The zero-order chi connectivity index (χ0) is 26.5. The maximum Gasteiger partial charge on any atom is 0.352 e. The van der Waals surface area contributed by atoms with Gasteiger partial charge in [-0.1, -0.05) is 29.1 Å². The van der Waals surface area contributed by atoms with E-state index in [1.807, 2.05) is 0 Å². The average molecular weight is 546 g/mol. The monoisotopic (exact) mass is 545 g/mol. The van der Waals surface area contributed by atoms with E-state index in [1.165, 1.54) is 46.4 Å². The van der Waals surface area contributed by atoms with E-state index in [2.05, 4.69) is 42.9 Å². The molecule has 1 unspecified atom stereocenters. The van der Waals surface area contributed by atoms with Gasteiger partial charge < -0.3 is 20.9 Å². The van der Waals surface area contributed by atoms with Crippen LogP contribution in [-0.4, -0.2) is 93.2 Å². The molecule has 192 valence electrons. The molecule has 2 aromatic rings. The Labute approximate surface area is 217 Å². The smallest absolute Gasteiger partial charge is 0.352 e. The quantitative estimate of drug-likeness (QED) is 0.0538. The minimum Gasteiger partial charge on any atom is -0.477 e. The zero-order valence-electron chi connectivity index (χ0n) is 18.8. The number of rotatable bonds is 11. The molecule has 2 aliphatic rings. The molecule has 37 heavy (non-hydrogen) atoms. The summed E-state index contributed by atoms with van der Waals surface area (Å²) in [6.45, 7) is 4.02. The minimum absolute atomic E-state index is 0.0454. The van der Waals surface area contributed by atoms with Crippen molar-refractivity contribution in [2.75, 3.05) is 16.8 Å². The van der Waals surface area contributed by atoms with E-state index < -0.39 is 34.9 Å². The maximum atomic E-state index is 12.9. The van der Waals surface area contributed by atoms with Gasteiger partial charge in [0.05, 0.1) is 6.54 Å². The van der Waals surface area contributed by atoms with Crippen molar-refractivity contribution in [3.8, 4) is 0 Å². The number of hydrogen-bond acceptors (Lipinski definition) is 12. The highest BCUT2D eigenvalue weighted by molar-refractivity contribution is 8.01. The molecule has 1 saturated heterocycles. The molecule has 0 aliphatic carbocycles. The molecule has 4 heterocycles. The lowest BCUT2D eigenvalue weighted by Gasteiger charge is -2.49. The third-order valence-corrected chi connectivity index (χ3v) is 7.61. The van der Waals surface area contributed by atoms with Gasteiger partial charge in [-0.15, -0.1) is 23.4 Å². The maximum absolute atomic E-state index is 12.9. The van der Waals surface area contributed by atoms with Gasteiger partial charge in [0.1, 0.15) is 28.6 Å². The largest absolute Gasteiger partial charge is 0.477 e. The fraction of sp³-hybridized carbons (Fsp3) is 0.250. The number of aromatic nitrogens is 5. The predicted octanol–water partition coefficient (Wildman–Crippen LogP) is -0.468. The van der Waals surface area contributed by atoms with Crippen molar-refractivity contribution in [1.82, 2.24) is 35.4 Å². The number of nitrogens with zero attached hydrogens (tertiary/aromatic N) is 7. The van der Waals surface area contributed by atoms with Crippen LogP contribution >= 0.6 is 23.5 Å². The SMILES string of the molecule is C=CCn1nnnc1SCC1=C(C(=O)O)N2C(=O)C(NC(=O)/C(=N\O)c3cccc(NC=O)n3)[C@H]2SC1. The molecule has 0 spiro atoms. The van der Waals surface area contributed by atoms with E-state index >= 15 is 0 Å². The molecule has 4 N–H and O–H groups in total. The summed E-state index contributed by atoms with van der Waals surface area (Å²) < 4.78 is 1.51. The lowest BCUT2D eigenvalue weighted by molar-refractivity contribution is -0.150. The second-order valence-electron chi connectivity index (χ2n) is 7.46. The van der Waals surface area contributed by atoms with Gasteiger partial charge in [0.25, 0.3) is 11.8 Å². The van der Waals surface area contributed by atoms with Crippen molar-refractivity contribution in [3.63, 3.8) is 0 Å². The first kappa shape index (κ1) is 25.8. The van der Waals surface area contributed by atoms with Crippen LogP contribution in [0.3, 0.4) is 0 Å². The number of pyridine rings is 1. The lowest BCUT2D eigenvalue weighted by Crippen LogP contribution is -2.71. The Kier molecular flexibility index (Phi) is 7.83. The number of β-lactam (4-membered cyclic amide) rings is 1. The van der Waals surface area contributed by atoms with E-state index in [0.717, 1.165) is 4.90 Å². The number of carboxylic acids is 1. The van der Waals surface area contributed by atoms with Gasteiger partial charge >= 0.3 is 5.97 Å². The van der Waals surface area contributed by atoms with Gasteiger partial charge in [0, 0.05) is 11.5 Å². The second-order valence-corrected chi connectivity index (χ2v) is 9.51. The van der Waals surface area contributed by atoms with E-state index in [-0.39, 0.29) is 23.0 Å². The van der Waals surface area contributed by atoms with Crippen molar-refractivity contribution >= 4 is 59.2 Å². The summed E-state index contributed by atoms with van der Waals surface area (Å²) in [7, 11) is 0. The Morgan fingerprint density at radius 1 is 1.38 bits per heavy atom. The Hall–Kier alpha value is -4.25. The molecule has 0 radical (unpaired) electrons. The summed E-state index contributed by atoms with van der Waals surface area (Å²) in [5.41, 5.74) is -0.174. The third kappa shape index (κ3) is 5.17. The predicted molar refractivity (Wildman–Crippen MR) is 131 cm³/mol. The zero-order valence-corrected chi connectivity index (χ0v) is 20.5. The van der Waals surface area contributed by atoms with Gasteiger partial charge in [-0.25, -0.2) is 14.5 Å². The molecule has 2 atom stereocenters. The molecule has 4 rings (SSSR count). The average Bonchev–Trinajstić information content (AvgIpc) is 3.33. The molecule has 2 aromatic heterocycles. The molecule has 0 aromatic carbocycles. The topological polar surface area (TPSA) is 205 Å². The molecule has 0 saturated carbocycles. The van der Waals surface area contributed by atoms with Crippen molar-refractivity contribution in [2.45, 2.75) is 23.1 Å². The van der Waals surface area contributed by atoms with E-state index in [4.69, 9.17) is 0 Å². The first-order chi connectivity index (χ1) is 17.9. The molecule has 0 bridgehead atoms. The normalized spacial score (nSPS) is 19.1. The van der Waals surface area contributed by atoms with Crippen LogP contribution in [0.1, 0.15) is 5.69 Å². The number of anilines is 1. The van der Waals surface area contributed by atoms with Crippen molar-refractivity contribution in [3.05, 3.63) is 47.8 Å². The van der Waals surface area contributed by atoms with Gasteiger partial charge in [0.2, 0.25) is 11.6 Å². The highest BCUT2D eigenvalue weighted by Gasteiger charge is 2.54. The first-order valence-electron chi connectivity index (χ1n) is 10.5. The summed E-state index contributed by atoms with van der Waals surface area (Å²) in [6.07, 6.45) is 2.02. The van der Waals surface area contributed by atoms with Gasteiger partial charge in [0.15, 0.2) is 5.71 Å². The van der Waals surface area contributed by atoms with Crippen LogP contribution in [-0.2, 0) is 25.7 Å².